The predicted molar refractivity (Wildman–Crippen MR) is 84.5 cm³/mol. The number of aromatic nitrogens is 3. The Kier molecular flexibility index (Phi) is 5.62. The molecule has 2 amide bonds. The molecule has 0 aromatic carbocycles. The van der Waals surface area contributed by atoms with E-state index < -0.39 is 0 Å². The Morgan fingerprint density at radius 3 is 2.95 bits per heavy atom. The zero-order chi connectivity index (χ0) is 15.1. The van der Waals surface area contributed by atoms with Crippen LogP contribution in [-0.2, 0) is 6.54 Å². The molecule has 0 aliphatic heterocycles. The number of carbonyl (C=O) groups excluding carboxylic acids is 1. The maximum atomic E-state index is 11.9. The Balaban J connectivity index is 1.80. The molecular weight excluding hydrogens is 286 g/mol. The third-order valence-electron chi connectivity index (χ3n) is 2.71. The van der Waals surface area contributed by atoms with Crippen molar-refractivity contribution in [3.8, 4) is 0 Å². The van der Waals surface area contributed by atoms with E-state index in [0.29, 0.717) is 12.2 Å². The highest BCUT2D eigenvalue weighted by Crippen LogP contribution is 2.16. The van der Waals surface area contributed by atoms with Gasteiger partial charge in [-0.25, -0.2) is 14.8 Å². The van der Waals surface area contributed by atoms with Gasteiger partial charge in [0.05, 0.1) is 23.2 Å². The van der Waals surface area contributed by atoms with E-state index in [0.717, 1.165) is 10.8 Å². The molecule has 0 saturated carbocycles. The number of urea groups is 1. The number of carbonyl (C=O) groups is 1. The summed E-state index contributed by atoms with van der Waals surface area (Å²) in [4.78, 5) is 20.1. The van der Waals surface area contributed by atoms with E-state index in [-0.39, 0.29) is 12.1 Å². The fourth-order valence-electron chi connectivity index (χ4n) is 1.84. The van der Waals surface area contributed by atoms with Crippen LogP contribution in [0.15, 0.2) is 42.1 Å². The summed E-state index contributed by atoms with van der Waals surface area (Å²) < 4.78 is 1.92. The van der Waals surface area contributed by atoms with Crippen LogP contribution in [0.4, 0.5) is 10.5 Å². The first kappa shape index (κ1) is 15.4. The number of imidazole rings is 1. The molecule has 1 atom stereocenters. The quantitative estimate of drug-likeness (QED) is 0.805. The fourth-order valence-corrected chi connectivity index (χ4v) is 2.42. The average molecular weight is 305 g/mol. The van der Waals surface area contributed by atoms with Gasteiger partial charge < -0.3 is 15.2 Å². The summed E-state index contributed by atoms with van der Waals surface area (Å²) in [6, 6.07) is 3.52. The van der Waals surface area contributed by atoms with Crippen molar-refractivity contribution in [2.24, 2.45) is 0 Å². The number of nitrogens with zero attached hydrogens (tertiary/aromatic N) is 3. The monoisotopic (exact) mass is 305 g/mol. The van der Waals surface area contributed by atoms with Gasteiger partial charge in [-0.05, 0) is 24.8 Å². The molecule has 2 N–H and O–H groups in total. The summed E-state index contributed by atoms with van der Waals surface area (Å²) in [7, 11) is 0. The largest absolute Gasteiger partial charge is 0.335 e. The van der Waals surface area contributed by atoms with Crippen molar-refractivity contribution in [2.75, 3.05) is 11.1 Å². The van der Waals surface area contributed by atoms with Crippen LogP contribution in [0.3, 0.4) is 0 Å². The van der Waals surface area contributed by atoms with Crippen LogP contribution in [0.25, 0.3) is 0 Å². The molecule has 0 aliphatic rings. The second kappa shape index (κ2) is 7.68. The van der Waals surface area contributed by atoms with Crippen LogP contribution in [0.2, 0.25) is 0 Å². The number of anilines is 1. The van der Waals surface area contributed by atoms with E-state index in [9.17, 15) is 4.79 Å². The lowest BCUT2D eigenvalue weighted by Gasteiger charge is -2.15. The van der Waals surface area contributed by atoms with E-state index in [4.69, 9.17) is 0 Å². The maximum absolute atomic E-state index is 11.9. The molecule has 0 unspecified atom stereocenters. The standard InChI is InChI=1S/C14H19N5OS/c1-3-21-13-5-4-12(8-16-13)18-14(20)17-11(2)9-19-7-6-15-10-19/h4-8,10-11H,3,9H2,1-2H3,(H2,17,18,20)/t11-/m1/s1. The first-order valence-corrected chi connectivity index (χ1v) is 7.78. The number of hydrogen-bond donors (Lipinski definition) is 2. The molecule has 2 aromatic heterocycles. The second-order valence-electron chi connectivity index (χ2n) is 4.58. The summed E-state index contributed by atoms with van der Waals surface area (Å²) in [5, 5.41) is 6.61. The van der Waals surface area contributed by atoms with Gasteiger partial charge in [-0.15, -0.1) is 11.8 Å². The topological polar surface area (TPSA) is 71.8 Å². The van der Waals surface area contributed by atoms with Gasteiger partial charge in [0.25, 0.3) is 0 Å². The summed E-state index contributed by atoms with van der Waals surface area (Å²) in [6.07, 6.45) is 6.97. The van der Waals surface area contributed by atoms with Crippen LogP contribution in [0.5, 0.6) is 0 Å². The van der Waals surface area contributed by atoms with E-state index in [1.807, 2.05) is 29.8 Å². The molecule has 0 radical (unpaired) electrons. The predicted octanol–water partition coefficient (Wildman–Crippen LogP) is 2.60. The zero-order valence-electron chi connectivity index (χ0n) is 12.1. The van der Waals surface area contributed by atoms with E-state index in [1.54, 1.807) is 30.5 Å². The summed E-state index contributed by atoms with van der Waals surface area (Å²) in [5.41, 5.74) is 0.683. The molecular formula is C14H19N5OS. The molecule has 112 valence electrons. The molecule has 0 saturated heterocycles. The number of nitrogens with one attached hydrogen (secondary N) is 2. The minimum atomic E-state index is -0.236. The Labute approximate surface area is 128 Å². The molecule has 2 rings (SSSR count). The maximum Gasteiger partial charge on any atom is 0.319 e. The smallest absolute Gasteiger partial charge is 0.319 e. The van der Waals surface area contributed by atoms with Crippen molar-refractivity contribution in [2.45, 2.75) is 31.5 Å². The molecule has 0 bridgehead atoms. The van der Waals surface area contributed by atoms with Gasteiger partial charge in [-0.2, -0.15) is 0 Å². The molecule has 6 nitrogen and oxygen atoms in total. The van der Waals surface area contributed by atoms with E-state index in [2.05, 4.69) is 27.5 Å². The minimum Gasteiger partial charge on any atom is -0.335 e. The number of rotatable bonds is 6. The molecule has 0 aliphatic carbocycles. The third-order valence-corrected chi connectivity index (χ3v) is 3.53. The highest BCUT2D eigenvalue weighted by molar-refractivity contribution is 7.99. The molecule has 2 aromatic rings. The Hall–Kier alpha value is -2.02. The molecule has 0 fully saturated rings. The van der Waals surface area contributed by atoms with Crippen LogP contribution < -0.4 is 10.6 Å². The number of amides is 2. The van der Waals surface area contributed by atoms with Gasteiger partial charge >= 0.3 is 6.03 Å². The minimum absolute atomic E-state index is 0.00193. The van der Waals surface area contributed by atoms with Crippen LogP contribution >= 0.6 is 11.8 Å². The normalized spacial score (nSPS) is 11.9. The van der Waals surface area contributed by atoms with Gasteiger partial charge in [0.2, 0.25) is 0 Å². The van der Waals surface area contributed by atoms with Gasteiger partial charge in [0.15, 0.2) is 0 Å². The van der Waals surface area contributed by atoms with Crippen molar-refractivity contribution in [3.63, 3.8) is 0 Å². The average Bonchev–Trinajstić information content (AvgIpc) is 2.93. The zero-order valence-corrected chi connectivity index (χ0v) is 12.9. The Bertz CT molecular complexity index is 555. The summed E-state index contributed by atoms with van der Waals surface area (Å²) in [6.45, 7) is 4.70. The van der Waals surface area contributed by atoms with Gasteiger partial charge in [0, 0.05) is 25.0 Å². The molecule has 0 spiro atoms. The highest BCUT2D eigenvalue weighted by atomic mass is 32.2. The third kappa shape index (κ3) is 5.11. The number of hydrogen-bond acceptors (Lipinski definition) is 4. The van der Waals surface area contributed by atoms with Crippen molar-refractivity contribution in [1.29, 1.82) is 0 Å². The lowest BCUT2D eigenvalue weighted by atomic mass is 10.3. The lowest BCUT2D eigenvalue weighted by Crippen LogP contribution is -2.38. The van der Waals surface area contributed by atoms with E-state index >= 15 is 0 Å². The first-order chi connectivity index (χ1) is 10.2. The number of pyridine rings is 1. The van der Waals surface area contributed by atoms with Crippen LogP contribution in [0, 0.1) is 0 Å². The van der Waals surface area contributed by atoms with Crippen molar-refractivity contribution < 1.29 is 4.79 Å². The first-order valence-electron chi connectivity index (χ1n) is 6.79. The SMILES string of the molecule is CCSc1ccc(NC(=O)N[C@H](C)Cn2ccnc2)cn1. The van der Waals surface area contributed by atoms with Gasteiger partial charge in [0.1, 0.15) is 0 Å². The summed E-state index contributed by atoms with van der Waals surface area (Å²) >= 11 is 1.67. The summed E-state index contributed by atoms with van der Waals surface area (Å²) in [5.74, 6) is 0.978. The Morgan fingerprint density at radius 1 is 1.48 bits per heavy atom. The highest BCUT2D eigenvalue weighted by Gasteiger charge is 2.08. The van der Waals surface area contributed by atoms with E-state index in [1.165, 1.54) is 0 Å². The van der Waals surface area contributed by atoms with Crippen molar-refractivity contribution in [1.82, 2.24) is 19.9 Å². The van der Waals surface area contributed by atoms with Crippen molar-refractivity contribution >= 4 is 23.5 Å². The second-order valence-corrected chi connectivity index (χ2v) is 5.86. The molecule has 2 heterocycles. The fraction of sp³-hybridized carbons (Fsp3) is 0.357. The molecule has 21 heavy (non-hydrogen) atoms. The van der Waals surface area contributed by atoms with Crippen LogP contribution in [-0.4, -0.2) is 32.4 Å². The Morgan fingerprint density at radius 2 is 2.33 bits per heavy atom. The van der Waals surface area contributed by atoms with Gasteiger partial charge in [-0.3, -0.25) is 0 Å². The lowest BCUT2D eigenvalue weighted by molar-refractivity contribution is 0.248. The number of thioether (sulfide) groups is 1. The molecule has 7 heteroatoms. The van der Waals surface area contributed by atoms with Crippen molar-refractivity contribution in [3.05, 3.63) is 37.1 Å². The van der Waals surface area contributed by atoms with Gasteiger partial charge in [-0.1, -0.05) is 6.92 Å². The van der Waals surface area contributed by atoms with Crippen LogP contribution in [0.1, 0.15) is 13.8 Å².